The first-order valence-corrected chi connectivity index (χ1v) is 16.2. The fourth-order valence-electron chi connectivity index (χ4n) is 7.36. The van der Waals surface area contributed by atoms with Gasteiger partial charge in [0.05, 0.1) is 36.6 Å². The molecule has 4 aliphatic rings. The SMILES string of the molecule is S.S.S.[C-]#[N+]C[C@H]1CN(c2nc(OCCCN3C[C@@H]4C[C@H]3CO4)nc3c2CCN(c2cccc4cccc(Cl)c24)C3)CCN1C(=O)C=C. The van der Waals surface area contributed by atoms with E-state index < -0.39 is 0 Å². The Kier molecular flexibility index (Phi) is 13.2. The number of likely N-dealkylation sites (tertiary alicyclic amines) is 1. The minimum absolute atomic E-state index is 0. The van der Waals surface area contributed by atoms with E-state index in [0.717, 1.165) is 84.1 Å². The van der Waals surface area contributed by atoms with Crippen molar-refractivity contribution in [2.45, 2.75) is 44.0 Å². The maximum atomic E-state index is 12.6. The van der Waals surface area contributed by atoms with E-state index in [1.807, 2.05) is 12.1 Å². The number of carbonyl (C=O) groups excluding carboxylic acids is 1. The van der Waals surface area contributed by atoms with Crippen LogP contribution in [0, 0.1) is 6.57 Å². The van der Waals surface area contributed by atoms with Crippen molar-refractivity contribution in [1.29, 1.82) is 0 Å². The predicted molar refractivity (Wildman–Crippen MR) is 206 cm³/mol. The second kappa shape index (κ2) is 16.7. The second-order valence-corrected chi connectivity index (χ2v) is 12.7. The minimum atomic E-state index is -0.241. The average molecular weight is 730 g/mol. The lowest BCUT2D eigenvalue weighted by molar-refractivity contribution is -0.128. The number of ether oxygens (including phenoxy) is 2. The van der Waals surface area contributed by atoms with Crippen LogP contribution in [-0.4, -0.2) is 103 Å². The van der Waals surface area contributed by atoms with Crippen LogP contribution >= 0.6 is 52.1 Å². The Hall–Kier alpha value is -2.86. The van der Waals surface area contributed by atoms with Crippen molar-refractivity contribution in [2.75, 3.05) is 68.8 Å². The number of hydrogen-bond donors (Lipinski definition) is 0. The summed E-state index contributed by atoms with van der Waals surface area (Å²) in [6, 6.07) is 13.0. The summed E-state index contributed by atoms with van der Waals surface area (Å²) in [6.45, 7) is 17.8. The molecule has 2 bridgehead atoms. The molecule has 4 aliphatic heterocycles. The van der Waals surface area contributed by atoms with Crippen LogP contribution in [0.1, 0.15) is 24.1 Å². The lowest BCUT2D eigenvalue weighted by Crippen LogP contribution is -2.56. The molecule has 14 heteroatoms. The molecule has 258 valence electrons. The van der Waals surface area contributed by atoms with Crippen molar-refractivity contribution >= 4 is 80.3 Å². The molecule has 1 amide bonds. The van der Waals surface area contributed by atoms with Gasteiger partial charge in [0.1, 0.15) is 11.9 Å². The second-order valence-electron chi connectivity index (χ2n) is 12.3. The number of amides is 1. The van der Waals surface area contributed by atoms with Gasteiger partial charge in [0.2, 0.25) is 12.5 Å². The number of aromatic nitrogens is 2. The van der Waals surface area contributed by atoms with Gasteiger partial charge in [-0.05, 0) is 42.9 Å². The first kappa shape index (κ1) is 38.0. The summed E-state index contributed by atoms with van der Waals surface area (Å²) in [4.78, 5) is 35.0. The summed E-state index contributed by atoms with van der Waals surface area (Å²) < 4.78 is 12.0. The monoisotopic (exact) mass is 729 g/mol. The molecule has 3 atom stereocenters. The summed E-state index contributed by atoms with van der Waals surface area (Å²) in [5.74, 6) is 0.708. The summed E-state index contributed by atoms with van der Waals surface area (Å²) in [7, 11) is 0. The number of rotatable bonds is 9. The molecule has 2 aromatic carbocycles. The molecule has 3 fully saturated rings. The largest absolute Gasteiger partial charge is 0.463 e. The van der Waals surface area contributed by atoms with Gasteiger partial charge >= 0.3 is 6.01 Å². The number of hydrogen-bond acceptors (Lipinski definition) is 8. The highest BCUT2D eigenvalue weighted by molar-refractivity contribution is 7.59. The zero-order valence-electron chi connectivity index (χ0n) is 26.9. The van der Waals surface area contributed by atoms with Gasteiger partial charge in [-0.25, -0.2) is 6.57 Å². The van der Waals surface area contributed by atoms with E-state index in [4.69, 9.17) is 37.6 Å². The Morgan fingerprint density at radius 2 is 1.92 bits per heavy atom. The third kappa shape index (κ3) is 7.64. The van der Waals surface area contributed by atoms with Gasteiger partial charge in [0.25, 0.3) is 0 Å². The third-order valence-electron chi connectivity index (χ3n) is 9.57. The van der Waals surface area contributed by atoms with Gasteiger partial charge in [-0.2, -0.15) is 50.5 Å². The zero-order valence-corrected chi connectivity index (χ0v) is 30.7. The Morgan fingerprint density at radius 1 is 1.10 bits per heavy atom. The van der Waals surface area contributed by atoms with Crippen LogP contribution in [0.2, 0.25) is 5.02 Å². The molecule has 0 spiro atoms. The summed E-state index contributed by atoms with van der Waals surface area (Å²) >= 11 is 6.71. The van der Waals surface area contributed by atoms with Crippen molar-refractivity contribution in [3.05, 3.63) is 76.8 Å². The van der Waals surface area contributed by atoms with Crippen molar-refractivity contribution in [3.63, 3.8) is 0 Å². The number of anilines is 2. The van der Waals surface area contributed by atoms with E-state index in [0.29, 0.717) is 50.9 Å². The highest BCUT2D eigenvalue weighted by Crippen LogP contribution is 2.37. The number of piperazine rings is 1. The molecule has 3 aromatic rings. The Morgan fingerprint density at radius 3 is 2.65 bits per heavy atom. The number of nitrogens with zero attached hydrogens (tertiary/aromatic N) is 7. The fourth-order valence-corrected chi connectivity index (χ4v) is 7.64. The van der Waals surface area contributed by atoms with Gasteiger partial charge in [0.15, 0.2) is 0 Å². The van der Waals surface area contributed by atoms with Crippen LogP contribution in [0.25, 0.3) is 15.6 Å². The molecular formula is C34H44ClN7O3S3. The van der Waals surface area contributed by atoms with Crippen molar-refractivity contribution in [3.8, 4) is 6.01 Å². The molecule has 0 aliphatic carbocycles. The summed E-state index contributed by atoms with van der Waals surface area (Å²) in [5.41, 5.74) is 3.12. The van der Waals surface area contributed by atoms with Gasteiger partial charge in [-0.15, -0.1) is 0 Å². The lowest BCUT2D eigenvalue weighted by Gasteiger charge is -2.41. The molecule has 48 heavy (non-hydrogen) atoms. The van der Waals surface area contributed by atoms with Crippen LogP contribution < -0.4 is 14.5 Å². The maximum Gasteiger partial charge on any atom is 0.318 e. The molecule has 0 radical (unpaired) electrons. The van der Waals surface area contributed by atoms with Crippen LogP contribution in [0.15, 0.2) is 49.1 Å². The van der Waals surface area contributed by atoms with Gasteiger partial charge in [-0.1, -0.05) is 42.4 Å². The topological polar surface area (TPSA) is 78.6 Å². The molecule has 1 aromatic heterocycles. The molecule has 0 saturated carbocycles. The normalized spacial score (nSPS) is 21.4. The summed E-state index contributed by atoms with van der Waals surface area (Å²) in [5, 5.41) is 2.88. The Balaban J connectivity index is 0.00000173. The third-order valence-corrected chi connectivity index (χ3v) is 9.89. The van der Waals surface area contributed by atoms with Gasteiger partial charge in [-0.3, -0.25) is 9.69 Å². The Bertz CT molecular complexity index is 1650. The van der Waals surface area contributed by atoms with E-state index >= 15 is 0 Å². The average Bonchev–Trinajstić information content (AvgIpc) is 3.70. The quantitative estimate of drug-likeness (QED) is 0.181. The van der Waals surface area contributed by atoms with Gasteiger partial charge in [0, 0.05) is 61.9 Å². The molecule has 3 saturated heterocycles. The smallest absolute Gasteiger partial charge is 0.318 e. The molecule has 0 unspecified atom stereocenters. The molecule has 0 N–H and O–H groups in total. The summed E-state index contributed by atoms with van der Waals surface area (Å²) in [6.07, 6.45) is 4.49. The maximum absolute atomic E-state index is 12.6. The van der Waals surface area contributed by atoms with Crippen LogP contribution in [0.3, 0.4) is 0 Å². The standard InChI is InChI=1S/C34H38ClN7O3.3H2S/c1-3-31(43)42-15-14-41(19-25(42)18-36-2)33-27-11-13-40(30-10-5-8-23-7-4-9-28(35)32(23)30)21-29(27)37-34(38-33)44-16-6-12-39-20-26-17-24(39)22-45-26;;;/h3-5,7-10,24-26H,1,6,11-22H2;3*1H2/t24-,25-,26-;;;/m0.../s1. The molecule has 7 rings (SSSR count). The van der Waals surface area contributed by atoms with E-state index in [1.165, 1.54) is 6.08 Å². The number of carbonyl (C=O) groups is 1. The van der Waals surface area contributed by atoms with Crippen LogP contribution in [0.4, 0.5) is 11.5 Å². The fraction of sp³-hybridized carbons (Fsp3) is 0.471. The first-order chi connectivity index (χ1) is 22.0. The van der Waals surface area contributed by atoms with Crippen molar-refractivity contribution in [2.24, 2.45) is 0 Å². The van der Waals surface area contributed by atoms with E-state index in [9.17, 15) is 4.79 Å². The molecule has 10 nitrogen and oxygen atoms in total. The highest BCUT2D eigenvalue weighted by atomic mass is 35.5. The number of halogens is 1. The predicted octanol–water partition coefficient (Wildman–Crippen LogP) is 4.55. The molecular weight excluding hydrogens is 686 g/mol. The lowest BCUT2D eigenvalue weighted by atomic mass is 10.0. The van der Waals surface area contributed by atoms with E-state index in [1.54, 1.807) is 4.90 Å². The number of morpholine rings is 1. The van der Waals surface area contributed by atoms with Crippen molar-refractivity contribution < 1.29 is 14.3 Å². The number of benzene rings is 2. The molecule has 5 heterocycles. The number of fused-ring (bicyclic) bond motifs is 4. The van der Waals surface area contributed by atoms with Gasteiger partial charge < -0.3 is 29.0 Å². The van der Waals surface area contributed by atoms with Crippen LogP contribution in [0.5, 0.6) is 6.01 Å². The minimum Gasteiger partial charge on any atom is -0.463 e. The Labute approximate surface area is 308 Å². The first-order valence-electron chi connectivity index (χ1n) is 15.8. The highest BCUT2D eigenvalue weighted by Gasteiger charge is 2.38. The van der Waals surface area contributed by atoms with E-state index in [-0.39, 0.29) is 59.0 Å². The van der Waals surface area contributed by atoms with Crippen LogP contribution in [-0.2, 0) is 22.5 Å². The van der Waals surface area contributed by atoms with E-state index in [2.05, 4.69) is 50.4 Å². The zero-order chi connectivity index (χ0) is 30.9. The van der Waals surface area contributed by atoms with Crippen molar-refractivity contribution in [1.82, 2.24) is 19.8 Å².